The number of allylic oxidation sites excluding steroid dienone is 2. The maximum absolute atomic E-state index is 13.4. The van der Waals surface area contributed by atoms with Gasteiger partial charge in [-0.25, -0.2) is 4.98 Å². The molecule has 9 heteroatoms. The van der Waals surface area contributed by atoms with E-state index in [1.54, 1.807) is 10.9 Å². The van der Waals surface area contributed by atoms with Crippen LogP contribution in [0, 0.1) is 17.8 Å². The van der Waals surface area contributed by atoms with Gasteiger partial charge in [-0.3, -0.25) is 9.59 Å². The highest BCUT2D eigenvalue weighted by molar-refractivity contribution is 7.07. The number of carbonyl (C=O) groups excluding carboxylic acids is 2. The van der Waals surface area contributed by atoms with E-state index in [1.807, 2.05) is 6.08 Å². The average Bonchev–Trinajstić information content (AvgIpc) is 3.44. The van der Waals surface area contributed by atoms with Gasteiger partial charge in [0.25, 0.3) is 5.91 Å². The second-order valence-electron chi connectivity index (χ2n) is 7.81. The van der Waals surface area contributed by atoms with E-state index in [9.17, 15) is 22.8 Å². The third-order valence-electron chi connectivity index (χ3n) is 5.62. The highest BCUT2D eigenvalue weighted by Crippen LogP contribution is 2.44. The first-order chi connectivity index (χ1) is 14.2. The van der Waals surface area contributed by atoms with Crippen molar-refractivity contribution in [2.75, 3.05) is 12.4 Å². The summed E-state index contributed by atoms with van der Waals surface area (Å²) < 4.78 is 40.3. The minimum absolute atomic E-state index is 0.0213. The highest BCUT2D eigenvalue weighted by atomic mass is 32.1. The van der Waals surface area contributed by atoms with E-state index in [1.165, 1.54) is 29.4 Å². The van der Waals surface area contributed by atoms with Crippen molar-refractivity contribution < 1.29 is 22.8 Å². The van der Waals surface area contributed by atoms with Gasteiger partial charge in [0, 0.05) is 29.6 Å². The molecule has 0 radical (unpaired) electrons. The molecule has 2 aliphatic rings. The molecule has 0 unspecified atom stereocenters. The minimum atomic E-state index is -4.64. The summed E-state index contributed by atoms with van der Waals surface area (Å²) in [5, 5.41) is 4.38. The van der Waals surface area contributed by atoms with Gasteiger partial charge >= 0.3 is 6.18 Å². The zero-order valence-electron chi connectivity index (χ0n) is 16.1. The average molecular weight is 435 g/mol. The van der Waals surface area contributed by atoms with Gasteiger partial charge in [0.05, 0.1) is 23.3 Å². The van der Waals surface area contributed by atoms with Crippen molar-refractivity contribution in [2.45, 2.75) is 25.6 Å². The lowest BCUT2D eigenvalue weighted by Crippen LogP contribution is -2.28. The molecule has 0 aliphatic heterocycles. The number of nitrogens with zero attached hydrogens (tertiary/aromatic N) is 2. The molecule has 0 saturated heterocycles. The van der Waals surface area contributed by atoms with Crippen LogP contribution in [0.4, 0.5) is 18.9 Å². The van der Waals surface area contributed by atoms with Crippen molar-refractivity contribution in [2.24, 2.45) is 17.8 Å². The molecule has 5 nitrogen and oxygen atoms in total. The number of rotatable bonds is 5. The summed E-state index contributed by atoms with van der Waals surface area (Å²) >= 11 is 1.37. The number of hydrogen-bond donors (Lipinski definition) is 1. The number of nitrogens with one attached hydrogen (secondary N) is 1. The van der Waals surface area contributed by atoms with Crippen LogP contribution in [0.2, 0.25) is 0 Å². The SMILES string of the molecule is CN(Cc1cscn1)C(=O)c1cc(NC(=O)[C@@H]2C[C@@H]3C=C[C@H]2C3)cc(C(F)(F)F)c1. The number of anilines is 1. The molecule has 2 aromatic rings. The second kappa shape index (κ2) is 7.86. The van der Waals surface area contributed by atoms with Gasteiger partial charge in [-0.1, -0.05) is 12.2 Å². The number of aromatic nitrogens is 1. The van der Waals surface area contributed by atoms with Crippen LogP contribution in [0.5, 0.6) is 0 Å². The molecule has 1 saturated carbocycles. The van der Waals surface area contributed by atoms with Crippen molar-refractivity contribution >= 4 is 28.8 Å². The zero-order valence-corrected chi connectivity index (χ0v) is 17.0. The zero-order chi connectivity index (χ0) is 21.5. The Morgan fingerprint density at radius 2 is 2.03 bits per heavy atom. The fraction of sp³-hybridized carbons (Fsp3) is 0.381. The number of fused-ring (bicyclic) bond motifs is 2. The summed E-state index contributed by atoms with van der Waals surface area (Å²) in [7, 11) is 1.50. The Morgan fingerprint density at radius 1 is 1.23 bits per heavy atom. The Balaban J connectivity index is 1.56. The van der Waals surface area contributed by atoms with Gasteiger partial charge in [-0.05, 0) is 42.9 Å². The molecular formula is C21H20F3N3O2S. The van der Waals surface area contributed by atoms with E-state index in [2.05, 4.69) is 16.4 Å². The Bertz CT molecular complexity index is 988. The first-order valence-corrected chi connectivity index (χ1v) is 10.5. The van der Waals surface area contributed by atoms with Crippen LogP contribution in [-0.4, -0.2) is 28.7 Å². The van der Waals surface area contributed by atoms with Gasteiger partial charge in [-0.2, -0.15) is 13.2 Å². The molecular weight excluding hydrogens is 415 g/mol. The summed E-state index contributed by atoms with van der Waals surface area (Å²) in [4.78, 5) is 30.8. The third-order valence-corrected chi connectivity index (χ3v) is 6.26. The molecule has 1 heterocycles. The number of thiazole rings is 1. The maximum atomic E-state index is 13.4. The number of alkyl halides is 3. The second-order valence-corrected chi connectivity index (χ2v) is 8.53. The van der Waals surface area contributed by atoms with Crippen LogP contribution in [0.1, 0.15) is 34.5 Å². The van der Waals surface area contributed by atoms with E-state index in [0.717, 1.165) is 18.6 Å². The van der Waals surface area contributed by atoms with Gasteiger partial charge in [0.2, 0.25) is 5.91 Å². The quantitative estimate of drug-likeness (QED) is 0.699. The molecule has 1 aromatic heterocycles. The monoisotopic (exact) mass is 435 g/mol. The van der Waals surface area contributed by atoms with E-state index in [0.29, 0.717) is 18.0 Å². The number of hydrogen-bond acceptors (Lipinski definition) is 4. The summed E-state index contributed by atoms with van der Waals surface area (Å²) in [5.74, 6) is -0.635. The lowest BCUT2D eigenvalue weighted by molar-refractivity contribution is -0.137. The summed E-state index contributed by atoms with van der Waals surface area (Å²) in [6, 6.07) is 2.99. The molecule has 30 heavy (non-hydrogen) atoms. The topological polar surface area (TPSA) is 62.3 Å². The molecule has 0 spiro atoms. The van der Waals surface area contributed by atoms with Crippen LogP contribution < -0.4 is 5.32 Å². The molecule has 2 bridgehead atoms. The Morgan fingerprint density at radius 3 is 2.63 bits per heavy atom. The molecule has 3 atom stereocenters. The highest BCUT2D eigenvalue weighted by Gasteiger charge is 2.40. The fourth-order valence-electron chi connectivity index (χ4n) is 4.15. The van der Waals surface area contributed by atoms with Gasteiger partial charge < -0.3 is 10.2 Å². The van der Waals surface area contributed by atoms with Crippen molar-refractivity contribution in [1.29, 1.82) is 0 Å². The predicted molar refractivity (Wildman–Crippen MR) is 107 cm³/mol. The fourth-order valence-corrected chi connectivity index (χ4v) is 4.70. The predicted octanol–water partition coefficient (Wildman–Crippen LogP) is 4.58. The van der Waals surface area contributed by atoms with E-state index >= 15 is 0 Å². The molecule has 4 rings (SSSR count). The summed E-state index contributed by atoms with van der Waals surface area (Å²) in [6.07, 6.45) is 1.07. The third kappa shape index (κ3) is 4.26. The van der Waals surface area contributed by atoms with Crippen molar-refractivity contribution in [3.63, 3.8) is 0 Å². The number of benzene rings is 1. The maximum Gasteiger partial charge on any atom is 0.416 e. The van der Waals surface area contributed by atoms with Crippen LogP contribution in [0.3, 0.4) is 0 Å². The van der Waals surface area contributed by atoms with E-state index < -0.39 is 17.6 Å². The van der Waals surface area contributed by atoms with Crippen molar-refractivity contribution in [1.82, 2.24) is 9.88 Å². The van der Waals surface area contributed by atoms with Crippen LogP contribution >= 0.6 is 11.3 Å². The molecule has 1 N–H and O–H groups in total. The largest absolute Gasteiger partial charge is 0.416 e. The molecule has 1 aromatic carbocycles. The normalized spacial score (nSPS) is 22.3. The lowest BCUT2D eigenvalue weighted by Gasteiger charge is -2.20. The molecule has 1 fully saturated rings. The molecule has 2 aliphatic carbocycles. The smallest absolute Gasteiger partial charge is 0.336 e. The Labute approximate surface area is 175 Å². The van der Waals surface area contributed by atoms with Crippen molar-refractivity contribution in [3.8, 4) is 0 Å². The summed E-state index contributed by atoms with van der Waals surface area (Å²) in [6.45, 7) is 0.178. The summed E-state index contributed by atoms with van der Waals surface area (Å²) in [5.41, 5.74) is 1.15. The van der Waals surface area contributed by atoms with E-state index in [-0.39, 0.29) is 35.5 Å². The van der Waals surface area contributed by atoms with Gasteiger partial charge in [-0.15, -0.1) is 11.3 Å². The number of amides is 2. The standard InChI is InChI=1S/C21H20F3N3O2S/c1-27(9-17-10-30-11-25-17)20(29)14-6-15(21(22,23)24)8-16(7-14)26-19(28)18-5-12-2-3-13(18)4-12/h2-3,6-8,10-13,18H,4-5,9H2,1H3,(H,26,28)/t12-,13+,18-/m1/s1. The molecule has 2 amide bonds. The van der Waals surface area contributed by atoms with Crippen LogP contribution in [-0.2, 0) is 17.5 Å². The Hall–Kier alpha value is -2.68. The molecule has 158 valence electrons. The van der Waals surface area contributed by atoms with Crippen LogP contribution in [0.15, 0.2) is 41.2 Å². The Kier molecular flexibility index (Phi) is 5.40. The van der Waals surface area contributed by atoms with Crippen molar-refractivity contribution in [3.05, 3.63) is 58.1 Å². The van der Waals surface area contributed by atoms with E-state index in [4.69, 9.17) is 0 Å². The minimum Gasteiger partial charge on any atom is -0.336 e. The first kappa shape index (κ1) is 20.6. The number of carbonyl (C=O) groups is 2. The van der Waals surface area contributed by atoms with Gasteiger partial charge in [0.1, 0.15) is 0 Å². The van der Waals surface area contributed by atoms with Crippen LogP contribution in [0.25, 0.3) is 0 Å². The van der Waals surface area contributed by atoms with Gasteiger partial charge in [0.15, 0.2) is 0 Å². The lowest BCUT2D eigenvalue weighted by atomic mass is 9.92. The number of halogens is 3. The first-order valence-electron chi connectivity index (χ1n) is 9.54.